The van der Waals surface area contributed by atoms with Gasteiger partial charge in [-0.1, -0.05) is 60.7 Å². The van der Waals surface area contributed by atoms with E-state index in [-0.39, 0.29) is 0 Å². The Labute approximate surface area is 123 Å². The van der Waals surface area contributed by atoms with Crippen molar-refractivity contribution in [2.24, 2.45) is 0 Å². The minimum Gasteiger partial charge on any atom is -0.308 e. The van der Waals surface area contributed by atoms with E-state index in [1.165, 1.54) is 20.9 Å². The number of thiophene rings is 1. The molecule has 0 fully saturated rings. The minimum atomic E-state index is 0.916. The van der Waals surface area contributed by atoms with Crippen molar-refractivity contribution < 1.29 is 0 Å². The molecule has 0 bridgehead atoms. The predicted molar refractivity (Wildman–Crippen MR) is 86.7 cm³/mol. The maximum Gasteiger partial charge on any atom is 0.0346 e. The quantitative estimate of drug-likeness (QED) is 0.713. The molecule has 0 aliphatic carbocycles. The molecule has 100 valence electrons. The number of rotatable bonds is 5. The summed E-state index contributed by atoms with van der Waals surface area (Å²) in [4.78, 5) is 2.71. The van der Waals surface area contributed by atoms with Crippen LogP contribution in [0.3, 0.4) is 0 Å². The van der Waals surface area contributed by atoms with Gasteiger partial charge in [-0.05, 0) is 23.3 Å². The van der Waals surface area contributed by atoms with E-state index >= 15 is 0 Å². The van der Waals surface area contributed by atoms with Gasteiger partial charge in [-0.3, -0.25) is 0 Å². The number of nitrogens with one attached hydrogen (secondary N) is 1. The molecular weight excluding hydrogens is 262 g/mol. The SMILES string of the molecule is c1ccc(CNCc2ccc(-c3ccccc3)s2)cc1. The highest BCUT2D eigenvalue weighted by molar-refractivity contribution is 7.15. The monoisotopic (exact) mass is 279 g/mol. The van der Waals surface area contributed by atoms with Crippen LogP contribution in [0.5, 0.6) is 0 Å². The summed E-state index contributed by atoms with van der Waals surface area (Å²) in [7, 11) is 0. The predicted octanol–water partition coefficient (Wildman–Crippen LogP) is 4.70. The molecule has 3 rings (SSSR count). The van der Waals surface area contributed by atoms with E-state index in [4.69, 9.17) is 0 Å². The van der Waals surface area contributed by atoms with Gasteiger partial charge in [0.05, 0.1) is 0 Å². The van der Waals surface area contributed by atoms with E-state index in [9.17, 15) is 0 Å². The largest absolute Gasteiger partial charge is 0.308 e. The highest BCUT2D eigenvalue weighted by Gasteiger charge is 2.02. The van der Waals surface area contributed by atoms with Gasteiger partial charge in [0, 0.05) is 22.8 Å². The molecule has 1 heterocycles. The van der Waals surface area contributed by atoms with Gasteiger partial charge in [0.15, 0.2) is 0 Å². The third-order valence-electron chi connectivity index (χ3n) is 3.19. The lowest BCUT2D eigenvalue weighted by molar-refractivity contribution is 0.701. The van der Waals surface area contributed by atoms with Crippen molar-refractivity contribution in [2.75, 3.05) is 0 Å². The van der Waals surface area contributed by atoms with Crippen LogP contribution in [0.15, 0.2) is 72.8 Å². The Morgan fingerprint density at radius 1 is 0.700 bits per heavy atom. The van der Waals surface area contributed by atoms with E-state index in [2.05, 4.69) is 78.1 Å². The van der Waals surface area contributed by atoms with E-state index in [0.717, 1.165) is 13.1 Å². The Hall–Kier alpha value is -1.90. The number of hydrogen-bond donors (Lipinski definition) is 1. The Morgan fingerprint density at radius 3 is 2.15 bits per heavy atom. The third-order valence-corrected chi connectivity index (χ3v) is 4.33. The van der Waals surface area contributed by atoms with Gasteiger partial charge in [0.25, 0.3) is 0 Å². The Balaban J connectivity index is 1.58. The van der Waals surface area contributed by atoms with E-state index in [1.807, 2.05) is 11.3 Å². The van der Waals surface area contributed by atoms with Gasteiger partial charge < -0.3 is 5.32 Å². The zero-order valence-electron chi connectivity index (χ0n) is 11.3. The van der Waals surface area contributed by atoms with Crippen LogP contribution in [0, 0.1) is 0 Å². The molecule has 3 aromatic rings. The highest BCUT2D eigenvalue weighted by atomic mass is 32.1. The average Bonchev–Trinajstić information content (AvgIpc) is 2.98. The summed E-state index contributed by atoms with van der Waals surface area (Å²) in [6.45, 7) is 1.84. The molecule has 1 N–H and O–H groups in total. The second kappa shape index (κ2) is 6.51. The zero-order chi connectivity index (χ0) is 13.6. The molecule has 0 spiro atoms. The first-order valence-corrected chi connectivity index (χ1v) is 7.62. The standard InChI is InChI=1S/C18H17NS/c1-3-7-15(8-4-1)13-19-14-17-11-12-18(20-17)16-9-5-2-6-10-16/h1-12,19H,13-14H2. The van der Waals surface area contributed by atoms with Gasteiger partial charge in [-0.2, -0.15) is 0 Å². The van der Waals surface area contributed by atoms with Gasteiger partial charge in [-0.15, -0.1) is 11.3 Å². The van der Waals surface area contributed by atoms with Crippen molar-refractivity contribution in [1.82, 2.24) is 5.32 Å². The molecule has 1 aromatic heterocycles. The molecule has 0 atom stereocenters. The molecule has 0 amide bonds. The van der Waals surface area contributed by atoms with Crippen molar-refractivity contribution in [1.29, 1.82) is 0 Å². The van der Waals surface area contributed by atoms with E-state index < -0.39 is 0 Å². The Bertz CT molecular complexity index is 643. The molecule has 0 radical (unpaired) electrons. The second-order valence-electron chi connectivity index (χ2n) is 4.72. The van der Waals surface area contributed by atoms with E-state index in [0.29, 0.717) is 0 Å². The molecule has 0 unspecified atom stereocenters. The topological polar surface area (TPSA) is 12.0 Å². The maximum atomic E-state index is 3.49. The van der Waals surface area contributed by atoms with Crippen molar-refractivity contribution in [3.8, 4) is 10.4 Å². The summed E-state index contributed by atoms with van der Waals surface area (Å²) in [5.41, 5.74) is 2.62. The molecule has 20 heavy (non-hydrogen) atoms. The van der Waals surface area contributed by atoms with Crippen LogP contribution >= 0.6 is 11.3 Å². The van der Waals surface area contributed by atoms with E-state index in [1.54, 1.807) is 0 Å². The summed E-state index contributed by atoms with van der Waals surface area (Å²) in [5, 5.41) is 3.49. The van der Waals surface area contributed by atoms with Gasteiger partial charge in [-0.25, -0.2) is 0 Å². The lowest BCUT2D eigenvalue weighted by Crippen LogP contribution is -2.11. The minimum absolute atomic E-state index is 0.916. The van der Waals surface area contributed by atoms with Crippen LogP contribution in [-0.4, -0.2) is 0 Å². The molecule has 0 saturated heterocycles. The highest BCUT2D eigenvalue weighted by Crippen LogP contribution is 2.27. The number of benzene rings is 2. The summed E-state index contributed by atoms with van der Waals surface area (Å²) in [5.74, 6) is 0. The summed E-state index contributed by atoms with van der Waals surface area (Å²) >= 11 is 1.86. The maximum absolute atomic E-state index is 3.49. The fourth-order valence-corrected chi connectivity index (χ4v) is 3.14. The first-order valence-electron chi connectivity index (χ1n) is 6.80. The van der Waals surface area contributed by atoms with Crippen LogP contribution in [0.1, 0.15) is 10.4 Å². The van der Waals surface area contributed by atoms with Crippen LogP contribution in [0.2, 0.25) is 0 Å². The lowest BCUT2D eigenvalue weighted by atomic mass is 10.2. The van der Waals surface area contributed by atoms with Gasteiger partial charge in [0.1, 0.15) is 0 Å². The Kier molecular flexibility index (Phi) is 4.26. The van der Waals surface area contributed by atoms with Crippen molar-refractivity contribution in [3.05, 3.63) is 83.2 Å². The van der Waals surface area contributed by atoms with Crippen LogP contribution in [-0.2, 0) is 13.1 Å². The Morgan fingerprint density at radius 2 is 1.40 bits per heavy atom. The van der Waals surface area contributed by atoms with Crippen molar-refractivity contribution in [2.45, 2.75) is 13.1 Å². The third kappa shape index (κ3) is 3.35. The summed E-state index contributed by atoms with van der Waals surface area (Å²) < 4.78 is 0. The molecule has 0 aliphatic heterocycles. The summed E-state index contributed by atoms with van der Waals surface area (Å²) in [6, 6.07) is 25.5. The first kappa shape index (κ1) is 13.1. The second-order valence-corrected chi connectivity index (χ2v) is 5.89. The fraction of sp³-hybridized carbons (Fsp3) is 0.111. The number of hydrogen-bond acceptors (Lipinski definition) is 2. The van der Waals surface area contributed by atoms with Crippen molar-refractivity contribution in [3.63, 3.8) is 0 Å². The van der Waals surface area contributed by atoms with Crippen LogP contribution in [0.4, 0.5) is 0 Å². The molecule has 2 aromatic carbocycles. The van der Waals surface area contributed by atoms with Crippen LogP contribution in [0.25, 0.3) is 10.4 Å². The molecule has 2 heteroatoms. The molecule has 0 saturated carbocycles. The van der Waals surface area contributed by atoms with Crippen molar-refractivity contribution >= 4 is 11.3 Å². The van der Waals surface area contributed by atoms with Gasteiger partial charge >= 0.3 is 0 Å². The zero-order valence-corrected chi connectivity index (χ0v) is 12.1. The average molecular weight is 279 g/mol. The fourth-order valence-electron chi connectivity index (χ4n) is 2.16. The smallest absolute Gasteiger partial charge is 0.0346 e. The molecular formula is C18H17NS. The lowest BCUT2D eigenvalue weighted by Gasteiger charge is -2.02. The van der Waals surface area contributed by atoms with Crippen LogP contribution < -0.4 is 5.32 Å². The first-order chi connectivity index (χ1) is 9.92. The molecule has 1 nitrogen and oxygen atoms in total. The summed E-state index contributed by atoms with van der Waals surface area (Å²) in [6.07, 6.45) is 0. The molecule has 0 aliphatic rings. The normalized spacial score (nSPS) is 10.6. The van der Waals surface area contributed by atoms with Gasteiger partial charge in [0.2, 0.25) is 0 Å².